The van der Waals surface area contributed by atoms with E-state index in [1.54, 1.807) is 0 Å². The molecule has 0 N–H and O–H groups in total. The van der Waals surface area contributed by atoms with Crippen LogP contribution in [0.4, 0.5) is 0 Å². The van der Waals surface area contributed by atoms with E-state index in [2.05, 4.69) is 51.8 Å². The second kappa shape index (κ2) is 5.07. The van der Waals surface area contributed by atoms with Gasteiger partial charge in [0.25, 0.3) is 0 Å². The molecular weight excluding hydrogens is 305 g/mol. The van der Waals surface area contributed by atoms with Crippen LogP contribution in [0.25, 0.3) is 10.2 Å². The molecule has 1 heterocycles. The Bertz CT molecular complexity index is 377. The molecule has 1 aromatic carbocycles. The summed E-state index contributed by atoms with van der Waals surface area (Å²) in [6.45, 7) is 0. The maximum Gasteiger partial charge on any atom is 0.0938 e. The molecule has 2 aromatic rings. The molecule has 0 aliphatic carbocycles. The van der Waals surface area contributed by atoms with Gasteiger partial charge in [-0.15, -0.1) is 11.3 Å². The zero-order valence-corrected chi connectivity index (χ0v) is 10.8. The van der Waals surface area contributed by atoms with Crippen LogP contribution in [0.15, 0.2) is 24.3 Å². The Kier molecular flexibility index (Phi) is 3.75. The molecule has 0 unspecified atom stereocenters. The van der Waals surface area contributed by atoms with Crippen LogP contribution in [0.3, 0.4) is 0 Å². The molecule has 0 aliphatic heterocycles. The first kappa shape index (κ1) is 10.4. The van der Waals surface area contributed by atoms with Crippen molar-refractivity contribution < 1.29 is 0 Å². The average molecular weight is 317 g/mol. The van der Waals surface area contributed by atoms with Gasteiger partial charge in [0.15, 0.2) is 0 Å². The number of fused-ring (bicyclic) bond motifs is 1. The van der Waals surface area contributed by atoms with Gasteiger partial charge in [0.1, 0.15) is 0 Å². The topological polar surface area (TPSA) is 12.9 Å². The van der Waals surface area contributed by atoms with Crippen molar-refractivity contribution in [3.8, 4) is 0 Å². The predicted octanol–water partition coefficient (Wildman–Crippen LogP) is 4.05. The van der Waals surface area contributed by atoms with Crippen molar-refractivity contribution in [1.82, 2.24) is 4.98 Å². The minimum absolute atomic E-state index is 1.14. The summed E-state index contributed by atoms with van der Waals surface area (Å²) >= 11 is 4.26. The maximum atomic E-state index is 4.60. The van der Waals surface area contributed by atoms with Crippen LogP contribution in [-0.2, 0) is 6.42 Å². The summed E-state index contributed by atoms with van der Waals surface area (Å²) in [6.07, 6.45) is 3.71. The third kappa shape index (κ3) is 2.45. The molecule has 0 fully saturated rings. The Morgan fingerprint density at radius 3 is 2.86 bits per heavy atom. The number of aromatic nitrogens is 1. The fraction of sp³-hybridized carbons (Fsp3) is 0.364. The number of unbranched alkanes of at least 4 members (excludes halogenated alkanes) is 1. The summed E-state index contributed by atoms with van der Waals surface area (Å²) in [5.41, 5.74) is 1.15. The number of hydrogen-bond donors (Lipinski definition) is 0. The SMILES string of the molecule is ICCCCc1nc2ccccc2s1. The zero-order valence-electron chi connectivity index (χ0n) is 7.87. The number of thiazole rings is 1. The molecule has 0 amide bonds. The van der Waals surface area contributed by atoms with Crippen LogP contribution in [0.5, 0.6) is 0 Å². The normalized spacial score (nSPS) is 10.9. The second-order valence-electron chi connectivity index (χ2n) is 3.22. The Morgan fingerprint density at radius 1 is 1.21 bits per heavy atom. The van der Waals surface area contributed by atoms with Gasteiger partial charge in [-0.25, -0.2) is 4.98 Å². The lowest BCUT2D eigenvalue weighted by molar-refractivity contribution is 0.805. The molecule has 74 valence electrons. The molecule has 14 heavy (non-hydrogen) atoms. The monoisotopic (exact) mass is 317 g/mol. The van der Waals surface area contributed by atoms with Crippen LogP contribution >= 0.6 is 33.9 Å². The minimum atomic E-state index is 1.14. The lowest BCUT2D eigenvalue weighted by atomic mass is 10.3. The predicted molar refractivity (Wildman–Crippen MR) is 71.4 cm³/mol. The van der Waals surface area contributed by atoms with E-state index >= 15 is 0 Å². The van der Waals surface area contributed by atoms with E-state index in [1.807, 2.05) is 11.3 Å². The Morgan fingerprint density at radius 2 is 2.07 bits per heavy atom. The first-order chi connectivity index (χ1) is 6.90. The summed E-state index contributed by atoms with van der Waals surface area (Å²) in [5, 5.41) is 1.29. The van der Waals surface area contributed by atoms with Gasteiger partial charge in [-0.05, 0) is 35.8 Å². The fourth-order valence-electron chi connectivity index (χ4n) is 1.40. The van der Waals surface area contributed by atoms with Crippen LogP contribution in [0, 0.1) is 0 Å². The van der Waals surface area contributed by atoms with Crippen molar-refractivity contribution in [3.63, 3.8) is 0 Å². The van der Waals surface area contributed by atoms with Crippen molar-refractivity contribution in [2.45, 2.75) is 19.3 Å². The molecule has 3 heteroatoms. The van der Waals surface area contributed by atoms with Crippen molar-refractivity contribution >= 4 is 44.1 Å². The fourth-order valence-corrected chi connectivity index (χ4v) is 2.95. The first-order valence-electron chi connectivity index (χ1n) is 4.80. The van der Waals surface area contributed by atoms with Crippen LogP contribution in [-0.4, -0.2) is 9.41 Å². The quantitative estimate of drug-likeness (QED) is 0.471. The Balaban J connectivity index is 2.11. The van der Waals surface area contributed by atoms with E-state index in [9.17, 15) is 0 Å². The highest BCUT2D eigenvalue weighted by Crippen LogP contribution is 2.22. The number of hydrogen-bond acceptors (Lipinski definition) is 2. The van der Waals surface area contributed by atoms with E-state index in [0.29, 0.717) is 0 Å². The van der Waals surface area contributed by atoms with Crippen LogP contribution in [0.1, 0.15) is 17.8 Å². The largest absolute Gasteiger partial charge is 0.241 e. The zero-order chi connectivity index (χ0) is 9.80. The molecule has 0 aliphatic rings. The van der Waals surface area contributed by atoms with E-state index in [1.165, 1.54) is 27.0 Å². The highest BCUT2D eigenvalue weighted by molar-refractivity contribution is 14.1. The Hall–Kier alpha value is -0.160. The number of benzene rings is 1. The van der Waals surface area contributed by atoms with Gasteiger partial charge < -0.3 is 0 Å². The van der Waals surface area contributed by atoms with E-state index < -0.39 is 0 Å². The molecule has 0 saturated carbocycles. The van der Waals surface area contributed by atoms with Gasteiger partial charge in [0.05, 0.1) is 15.2 Å². The van der Waals surface area contributed by atoms with Gasteiger partial charge in [0, 0.05) is 0 Å². The molecule has 0 saturated heterocycles. The second-order valence-corrected chi connectivity index (χ2v) is 5.42. The number of halogens is 1. The van der Waals surface area contributed by atoms with Gasteiger partial charge in [-0.2, -0.15) is 0 Å². The van der Waals surface area contributed by atoms with Gasteiger partial charge in [0.2, 0.25) is 0 Å². The standard InChI is InChI=1S/C11H12INS/c12-8-4-3-7-11-13-9-5-1-2-6-10(9)14-11/h1-2,5-6H,3-4,7-8H2. The van der Waals surface area contributed by atoms with Gasteiger partial charge in [-0.1, -0.05) is 34.7 Å². The van der Waals surface area contributed by atoms with E-state index in [4.69, 9.17) is 0 Å². The molecule has 1 aromatic heterocycles. The molecule has 0 bridgehead atoms. The lowest BCUT2D eigenvalue weighted by Crippen LogP contribution is -1.83. The average Bonchev–Trinajstić information content (AvgIpc) is 2.60. The highest BCUT2D eigenvalue weighted by atomic mass is 127. The van der Waals surface area contributed by atoms with E-state index in [0.717, 1.165) is 11.9 Å². The minimum Gasteiger partial charge on any atom is -0.241 e. The van der Waals surface area contributed by atoms with Crippen molar-refractivity contribution in [2.75, 3.05) is 4.43 Å². The maximum absolute atomic E-state index is 4.60. The van der Waals surface area contributed by atoms with Crippen molar-refractivity contribution in [3.05, 3.63) is 29.3 Å². The van der Waals surface area contributed by atoms with Crippen molar-refractivity contribution in [2.24, 2.45) is 0 Å². The Labute approximate surface area is 102 Å². The molecule has 0 spiro atoms. The molecule has 1 nitrogen and oxygen atoms in total. The molecule has 2 rings (SSSR count). The summed E-state index contributed by atoms with van der Waals surface area (Å²) < 4.78 is 2.57. The summed E-state index contributed by atoms with van der Waals surface area (Å²) in [4.78, 5) is 4.60. The van der Waals surface area contributed by atoms with Crippen LogP contribution < -0.4 is 0 Å². The molecular formula is C11H12INS. The number of aryl methyl sites for hydroxylation is 1. The van der Waals surface area contributed by atoms with Gasteiger partial charge >= 0.3 is 0 Å². The number of para-hydroxylation sites is 1. The third-order valence-corrected chi connectivity index (χ3v) is 3.97. The summed E-state index contributed by atoms with van der Waals surface area (Å²) in [5.74, 6) is 0. The summed E-state index contributed by atoms with van der Waals surface area (Å²) in [7, 11) is 0. The third-order valence-electron chi connectivity index (χ3n) is 2.11. The molecule has 0 radical (unpaired) electrons. The van der Waals surface area contributed by atoms with Gasteiger partial charge in [-0.3, -0.25) is 0 Å². The van der Waals surface area contributed by atoms with E-state index in [-0.39, 0.29) is 0 Å². The number of rotatable bonds is 4. The van der Waals surface area contributed by atoms with Crippen LogP contribution in [0.2, 0.25) is 0 Å². The lowest BCUT2D eigenvalue weighted by Gasteiger charge is -1.92. The highest BCUT2D eigenvalue weighted by Gasteiger charge is 2.01. The number of nitrogens with zero attached hydrogens (tertiary/aromatic N) is 1. The molecule has 0 atom stereocenters. The number of alkyl halides is 1. The smallest absolute Gasteiger partial charge is 0.0938 e. The first-order valence-corrected chi connectivity index (χ1v) is 7.15. The summed E-state index contributed by atoms with van der Waals surface area (Å²) in [6, 6.07) is 8.37. The van der Waals surface area contributed by atoms with Crippen molar-refractivity contribution in [1.29, 1.82) is 0 Å².